The molecule has 0 saturated heterocycles. The fraction of sp³-hybridized carbons (Fsp3) is 0.227. The van der Waals surface area contributed by atoms with Crippen molar-refractivity contribution < 1.29 is 9.53 Å². The van der Waals surface area contributed by atoms with Crippen molar-refractivity contribution in [3.63, 3.8) is 0 Å². The minimum absolute atomic E-state index is 0.126. The van der Waals surface area contributed by atoms with Gasteiger partial charge in [-0.15, -0.1) is 10.2 Å². The summed E-state index contributed by atoms with van der Waals surface area (Å²) in [4.78, 5) is 14.4. The quantitative estimate of drug-likeness (QED) is 0.743. The number of nitrogens with one attached hydrogen (secondary N) is 1. The van der Waals surface area contributed by atoms with Gasteiger partial charge in [-0.3, -0.25) is 4.79 Å². The van der Waals surface area contributed by atoms with E-state index >= 15 is 0 Å². The van der Waals surface area contributed by atoms with Crippen molar-refractivity contribution in [2.45, 2.75) is 19.4 Å². The molecule has 0 bridgehead atoms. The van der Waals surface area contributed by atoms with Crippen LogP contribution in [0.3, 0.4) is 0 Å². The largest absolute Gasteiger partial charge is 0.497 e. The number of ether oxygens (including phenoxy) is 1. The minimum Gasteiger partial charge on any atom is -0.497 e. The number of carbonyl (C=O) groups excluding carboxylic acids is 1. The van der Waals surface area contributed by atoms with Crippen LogP contribution < -0.4 is 15.0 Å². The summed E-state index contributed by atoms with van der Waals surface area (Å²) in [6.07, 6.45) is 1.27. The first kappa shape index (κ1) is 18.0. The zero-order valence-corrected chi connectivity index (χ0v) is 15.8. The molecule has 6 heteroatoms. The van der Waals surface area contributed by atoms with E-state index in [2.05, 4.69) is 44.7 Å². The molecule has 0 spiro atoms. The molecule has 0 fully saturated rings. The van der Waals surface area contributed by atoms with Crippen molar-refractivity contribution in [2.24, 2.45) is 0 Å². The second-order valence-electron chi connectivity index (χ2n) is 6.79. The van der Waals surface area contributed by atoms with Crippen molar-refractivity contribution >= 4 is 17.5 Å². The number of nitrogens with zero attached hydrogens (tertiary/aromatic N) is 3. The molecule has 1 amide bonds. The lowest BCUT2D eigenvalue weighted by molar-refractivity contribution is -0.115. The maximum Gasteiger partial charge on any atom is 0.229 e. The Morgan fingerprint density at radius 3 is 2.54 bits per heavy atom. The Hall–Kier alpha value is -3.41. The molecule has 0 saturated carbocycles. The number of methoxy groups -OCH3 is 1. The number of fused-ring (bicyclic) bond motifs is 1. The zero-order valence-electron chi connectivity index (χ0n) is 15.8. The second-order valence-corrected chi connectivity index (χ2v) is 6.79. The van der Waals surface area contributed by atoms with Gasteiger partial charge in [0.2, 0.25) is 5.91 Å². The molecule has 1 aliphatic rings. The van der Waals surface area contributed by atoms with Gasteiger partial charge in [0, 0.05) is 13.1 Å². The average molecular weight is 374 g/mol. The Labute approximate surface area is 164 Å². The molecule has 28 heavy (non-hydrogen) atoms. The molecule has 2 aromatic carbocycles. The van der Waals surface area contributed by atoms with Gasteiger partial charge in [-0.1, -0.05) is 36.4 Å². The number of hydrogen-bond acceptors (Lipinski definition) is 5. The summed E-state index contributed by atoms with van der Waals surface area (Å²) in [6, 6.07) is 19.6. The van der Waals surface area contributed by atoms with E-state index < -0.39 is 0 Å². The number of benzene rings is 2. The molecule has 6 nitrogen and oxygen atoms in total. The predicted molar refractivity (Wildman–Crippen MR) is 109 cm³/mol. The van der Waals surface area contributed by atoms with Crippen molar-refractivity contribution in [3.05, 3.63) is 77.4 Å². The van der Waals surface area contributed by atoms with Crippen molar-refractivity contribution in [2.75, 3.05) is 23.9 Å². The molecule has 0 unspecified atom stereocenters. The fourth-order valence-electron chi connectivity index (χ4n) is 3.37. The van der Waals surface area contributed by atoms with E-state index in [1.807, 2.05) is 30.3 Å². The maximum atomic E-state index is 12.2. The van der Waals surface area contributed by atoms with Gasteiger partial charge in [-0.2, -0.15) is 0 Å². The van der Waals surface area contributed by atoms with Gasteiger partial charge in [0.05, 0.1) is 13.5 Å². The Morgan fingerprint density at radius 1 is 1.04 bits per heavy atom. The zero-order chi connectivity index (χ0) is 19.3. The third-order valence-corrected chi connectivity index (χ3v) is 4.90. The van der Waals surface area contributed by atoms with Crippen LogP contribution in [0.5, 0.6) is 5.75 Å². The predicted octanol–water partition coefficient (Wildman–Crippen LogP) is 3.23. The van der Waals surface area contributed by atoms with Crippen LogP contribution in [0.1, 0.15) is 16.7 Å². The standard InChI is InChI=1S/C22H22N4O2/c1-28-19-8-6-16(7-9-19)14-22(27)23-20-10-11-21(25-24-20)26-13-12-17-4-2-3-5-18(17)15-26/h2-11H,12-15H2,1H3,(H,23,24,27). The van der Waals surface area contributed by atoms with Gasteiger partial charge in [-0.25, -0.2) is 0 Å². The highest BCUT2D eigenvalue weighted by molar-refractivity contribution is 5.91. The van der Waals surface area contributed by atoms with E-state index in [1.165, 1.54) is 11.1 Å². The molecule has 1 aromatic heterocycles. The molecule has 2 heterocycles. The molecule has 1 aliphatic heterocycles. The number of aromatic nitrogens is 2. The summed E-state index contributed by atoms with van der Waals surface area (Å²) in [5.74, 6) is 1.92. The monoisotopic (exact) mass is 374 g/mol. The van der Waals surface area contributed by atoms with Crippen LogP contribution in [0.2, 0.25) is 0 Å². The lowest BCUT2D eigenvalue weighted by atomic mass is 10.00. The summed E-state index contributed by atoms with van der Waals surface area (Å²) >= 11 is 0. The second kappa shape index (κ2) is 8.08. The first-order chi connectivity index (χ1) is 13.7. The lowest BCUT2D eigenvalue weighted by Crippen LogP contribution is -2.31. The van der Waals surface area contributed by atoms with Gasteiger partial charge >= 0.3 is 0 Å². The van der Waals surface area contributed by atoms with E-state index in [-0.39, 0.29) is 12.3 Å². The van der Waals surface area contributed by atoms with Crippen LogP contribution in [0.15, 0.2) is 60.7 Å². The summed E-state index contributed by atoms with van der Waals surface area (Å²) in [7, 11) is 1.62. The van der Waals surface area contributed by atoms with Crippen molar-refractivity contribution in [1.29, 1.82) is 0 Å². The maximum absolute atomic E-state index is 12.2. The third-order valence-electron chi connectivity index (χ3n) is 4.90. The number of rotatable bonds is 5. The Morgan fingerprint density at radius 2 is 1.82 bits per heavy atom. The summed E-state index contributed by atoms with van der Waals surface area (Å²) in [5.41, 5.74) is 3.64. The third kappa shape index (κ3) is 4.11. The number of carbonyl (C=O) groups is 1. The topological polar surface area (TPSA) is 67.3 Å². The molecule has 0 atom stereocenters. The van der Waals surface area contributed by atoms with E-state index in [0.29, 0.717) is 5.82 Å². The van der Waals surface area contributed by atoms with Crippen LogP contribution in [0, 0.1) is 0 Å². The molecule has 0 aliphatic carbocycles. The normalized spacial score (nSPS) is 13.0. The molecule has 4 rings (SSSR count). The summed E-state index contributed by atoms with van der Waals surface area (Å²) in [6.45, 7) is 1.74. The van der Waals surface area contributed by atoms with E-state index in [1.54, 1.807) is 13.2 Å². The first-order valence-corrected chi connectivity index (χ1v) is 9.29. The summed E-state index contributed by atoms with van der Waals surface area (Å²) in [5, 5.41) is 11.3. The van der Waals surface area contributed by atoms with E-state index in [0.717, 1.165) is 36.6 Å². The fourth-order valence-corrected chi connectivity index (χ4v) is 3.37. The molecule has 0 radical (unpaired) electrons. The SMILES string of the molecule is COc1ccc(CC(=O)Nc2ccc(N3CCc4ccccc4C3)nn2)cc1. The highest BCUT2D eigenvalue weighted by atomic mass is 16.5. The van der Waals surface area contributed by atoms with Crippen LogP contribution in [-0.2, 0) is 24.2 Å². The van der Waals surface area contributed by atoms with Gasteiger partial charge in [0.15, 0.2) is 11.6 Å². The van der Waals surface area contributed by atoms with E-state index in [4.69, 9.17) is 4.74 Å². The minimum atomic E-state index is -0.126. The van der Waals surface area contributed by atoms with Gasteiger partial charge < -0.3 is 15.0 Å². The molecule has 3 aromatic rings. The van der Waals surface area contributed by atoms with Crippen LogP contribution in [0.4, 0.5) is 11.6 Å². The highest BCUT2D eigenvalue weighted by Gasteiger charge is 2.17. The molecular weight excluding hydrogens is 352 g/mol. The smallest absolute Gasteiger partial charge is 0.229 e. The van der Waals surface area contributed by atoms with Crippen molar-refractivity contribution in [3.8, 4) is 5.75 Å². The average Bonchev–Trinajstić information content (AvgIpc) is 2.74. The van der Waals surface area contributed by atoms with Gasteiger partial charge in [0.1, 0.15) is 5.75 Å². The first-order valence-electron chi connectivity index (χ1n) is 9.29. The van der Waals surface area contributed by atoms with Crippen LogP contribution >= 0.6 is 0 Å². The molecule has 142 valence electrons. The highest BCUT2D eigenvalue weighted by Crippen LogP contribution is 2.23. The van der Waals surface area contributed by atoms with Crippen LogP contribution in [-0.4, -0.2) is 29.8 Å². The Balaban J connectivity index is 1.36. The van der Waals surface area contributed by atoms with Crippen molar-refractivity contribution in [1.82, 2.24) is 10.2 Å². The Bertz CT molecular complexity index is 955. The molecular formula is C22H22N4O2. The van der Waals surface area contributed by atoms with E-state index in [9.17, 15) is 4.79 Å². The Kier molecular flexibility index (Phi) is 5.19. The lowest BCUT2D eigenvalue weighted by Gasteiger charge is -2.29. The van der Waals surface area contributed by atoms with Gasteiger partial charge in [0.25, 0.3) is 0 Å². The number of anilines is 2. The molecule has 1 N–H and O–H groups in total. The van der Waals surface area contributed by atoms with Gasteiger partial charge in [-0.05, 0) is 47.4 Å². The number of amides is 1. The summed E-state index contributed by atoms with van der Waals surface area (Å²) < 4.78 is 5.13. The van der Waals surface area contributed by atoms with Crippen LogP contribution in [0.25, 0.3) is 0 Å². The number of hydrogen-bond donors (Lipinski definition) is 1.